The predicted octanol–water partition coefficient (Wildman–Crippen LogP) is 5.32. The van der Waals surface area contributed by atoms with Crippen LogP contribution in [0.5, 0.6) is 23.0 Å². The van der Waals surface area contributed by atoms with Gasteiger partial charge in [0.25, 0.3) is 0 Å². The van der Waals surface area contributed by atoms with Gasteiger partial charge in [-0.2, -0.15) is 0 Å². The molecule has 0 atom stereocenters. The van der Waals surface area contributed by atoms with Gasteiger partial charge in [0, 0.05) is 16.2 Å². The van der Waals surface area contributed by atoms with Crippen molar-refractivity contribution in [1.82, 2.24) is 0 Å². The highest BCUT2D eigenvalue weighted by molar-refractivity contribution is 5.93. The van der Waals surface area contributed by atoms with Crippen molar-refractivity contribution in [2.75, 3.05) is 106 Å². The number of hydrogen-bond donors (Lipinski definition) is 0. The number of ether oxygens (including phenoxy) is 10. The Labute approximate surface area is 270 Å². The average molecular weight is 637 g/mol. The molecule has 8 bridgehead atoms. The molecule has 2 heterocycles. The normalized spacial score (nSPS) is 18.1. The van der Waals surface area contributed by atoms with E-state index in [2.05, 4.69) is 0 Å². The first-order valence-corrected chi connectivity index (χ1v) is 15.9. The molecule has 0 saturated heterocycles. The van der Waals surface area contributed by atoms with E-state index < -0.39 is 0 Å². The quantitative estimate of drug-likeness (QED) is 0.236. The molecule has 6 rings (SSSR count). The fourth-order valence-corrected chi connectivity index (χ4v) is 4.89. The van der Waals surface area contributed by atoms with Gasteiger partial charge in [0.15, 0.2) is 0 Å². The fourth-order valence-electron chi connectivity index (χ4n) is 4.89. The Bertz CT molecular complexity index is 1450. The minimum Gasteiger partial charge on any atom is -0.491 e. The van der Waals surface area contributed by atoms with E-state index in [1.807, 2.05) is 72.8 Å². The summed E-state index contributed by atoms with van der Waals surface area (Å²) in [7, 11) is 0. The van der Waals surface area contributed by atoms with Crippen LogP contribution in [0.15, 0.2) is 72.8 Å². The fraction of sp³-hybridized carbons (Fsp3) is 0.444. The lowest BCUT2D eigenvalue weighted by Gasteiger charge is -2.13. The zero-order chi connectivity index (χ0) is 31.5. The summed E-state index contributed by atoms with van der Waals surface area (Å²) in [6.07, 6.45) is 0. The summed E-state index contributed by atoms with van der Waals surface area (Å²) in [4.78, 5) is 0. The molecule has 2 aliphatic heterocycles. The van der Waals surface area contributed by atoms with Gasteiger partial charge in [0.2, 0.25) is 0 Å². The lowest BCUT2D eigenvalue weighted by molar-refractivity contribution is 0.00505. The smallest absolute Gasteiger partial charge is 0.127 e. The molecule has 4 aromatic carbocycles. The molecule has 0 unspecified atom stereocenters. The third kappa shape index (κ3) is 11.0. The van der Waals surface area contributed by atoms with Gasteiger partial charge in [-0.25, -0.2) is 0 Å². The van der Waals surface area contributed by atoms with Crippen molar-refractivity contribution in [1.29, 1.82) is 0 Å². The van der Waals surface area contributed by atoms with E-state index in [0.717, 1.165) is 44.5 Å². The Morgan fingerprint density at radius 1 is 0.304 bits per heavy atom. The van der Waals surface area contributed by atoms with Gasteiger partial charge in [0.05, 0.1) is 79.3 Å². The minimum absolute atomic E-state index is 0.432. The highest BCUT2D eigenvalue weighted by atomic mass is 16.6. The second-order valence-corrected chi connectivity index (χ2v) is 10.3. The number of benzene rings is 4. The molecule has 0 spiro atoms. The van der Waals surface area contributed by atoms with Crippen LogP contribution in [0.25, 0.3) is 21.5 Å². The zero-order valence-electron chi connectivity index (χ0n) is 26.3. The van der Waals surface area contributed by atoms with Crippen molar-refractivity contribution in [3.05, 3.63) is 72.8 Å². The van der Waals surface area contributed by atoms with E-state index in [1.165, 1.54) is 0 Å². The van der Waals surface area contributed by atoms with Crippen molar-refractivity contribution in [3.8, 4) is 23.0 Å². The Morgan fingerprint density at radius 2 is 0.674 bits per heavy atom. The summed E-state index contributed by atoms with van der Waals surface area (Å²) in [6, 6.07) is 23.8. The first-order valence-electron chi connectivity index (χ1n) is 15.9. The molecule has 0 radical (unpaired) electrons. The molecule has 2 aliphatic rings. The maximum absolute atomic E-state index is 6.02. The molecular weight excluding hydrogens is 592 g/mol. The summed E-state index contributed by atoms with van der Waals surface area (Å²) >= 11 is 0. The maximum atomic E-state index is 6.02. The van der Waals surface area contributed by atoms with Gasteiger partial charge in [-0.05, 0) is 41.8 Å². The second-order valence-electron chi connectivity index (χ2n) is 10.3. The topological polar surface area (TPSA) is 92.3 Å². The Balaban J connectivity index is 1.08. The lowest BCUT2D eigenvalue weighted by atomic mass is 10.1. The van der Waals surface area contributed by atoms with Gasteiger partial charge >= 0.3 is 0 Å². The van der Waals surface area contributed by atoms with Gasteiger partial charge in [-0.15, -0.1) is 0 Å². The molecule has 4 aromatic rings. The van der Waals surface area contributed by atoms with Crippen molar-refractivity contribution in [3.63, 3.8) is 0 Å². The van der Waals surface area contributed by atoms with Crippen molar-refractivity contribution in [2.45, 2.75) is 0 Å². The first-order chi connectivity index (χ1) is 22.9. The van der Waals surface area contributed by atoms with Crippen LogP contribution in [0.1, 0.15) is 0 Å². The van der Waals surface area contributed by atoms with E-state index in [0.29, 0.717) is 106 Å². The Morgan fingerprint density at radius 3 is 1.13 bits per heavy atom. The van der Waals surface area contributed by atoms with E-state index >= 15 is 0 Å². The highest BCUT2D eigenvalue weighted by Crippen LogP contribution is 2.32. The molecule has 0 fully saturated rings. The minimum atomic E-state index is 0.432. The average Bonchev–Trinajstić information content (AvgIpc) is 3.08. The first kappa shape index (κ1) is 33.7. The molecule has 248 valence electrons. The molecule has 46 heavy (non-hydrogen) atoms. The molecule has 0 amide bonds. The Kier molecular flexibility index (Phi) is 14.5. The molecular formula is C36H44O10. The van der Waals surface area contributed by atoms with E-state index in [4.69, 9.17) is 47.4 Å². The summed E-state index contributed by atoms with van der Waals surface area (Å²) in [5.74, 6) is 3.17. The highest BCUT2D eigenvalue weighted by Gasteiger charge is 2.08. The van der Waals surface area contributed by atoms with Crippen LogP contribution in [0.3, 0.4) is 0 Å². The van der Waals surface area contributed by atoms with Crippen molar-refractivity contribution >= 4 is 21.5 Å². The second kappa shape index (κ2) is 19.8. The third-order valence-corrected chi connectivity index (χ3v) is 7.09. The van der Waals surface area contributed by atoms with Crippen LogP contribution < -0.4 is 18.9 Å². The summed E-state index contributed by atoms with van der Waals surface area (Å²) in [6.45, 7) is 7.50. The molecule has 0 N–H and O–H groups in total. The van der Waals surface area contributed by atoms with Crippen LogP contribution in [0, 0.1) is 0 Å². The van der Waals surface area contributed by atoms with E-state index in [9.17, 15) is 0 Å². The molecule has 0 aliphatic carbocycles. The predicted molar refractivity (Wildman–Crippen MR) is 175 cm³/mol. The van der Waals surface area contributed by atoms with Gasteiger partial charge in [-0.1, -0.05) is 36.4 Å². The van der Waals surface area contributed by atoms with Crippen LogP contribution in [0.4, 0.5) is 0 Å². The van der Waals surface area contributed by atoms with Crippen LogP contribution in [-0.4, -0.2) is 106 Å². The molecule has 0 aromatic heterocycles. The van der Waals surface area contributed by atoms with Crippen molar-refractivity contribution < 1.29 is 47.4 Å². The van der Waals surface area contributed by atoms with Crippen LogP contribution >= 0.6 is 0 Å². The summed E-state index contributed by atoms with van der Waals surface area (Å²) in [5.41, 5.74) is 0. The molecule has 10 nitrogen and oxygen atoms in total. The molecule has 0 saturated carbocycles. The number of rotatable bonds is 0. The van der Waals surface area contributed by atoms with Gasteiger partial charge in [-0.3, -0.25) is 0 Å². The standard InChI is InChI=1S/C36H44O10/c1-4-29-28-30-10-11-31(29)34(7-1)44-25-21-40-17-13-38-15-19-42-23-27-46-36-9-3-5-32-33(36)6-2-8-35(32)45-26-22-41-18-14-37-12-16-39-20-24-43-30/h1-11,28H,12-27H2. The number of fused-ring (bicyclic) bond motifs is 25. The largest absolute Gasteiger partial charge is 0.491 e. The Hall–Kier alpha value is -3.64. The van der Waals surface area contributed by atoms with E-state index in [-0.39, 0.29) is 0 Å². The van der Waals surface area contributed by atoms with Crippen LogP contribution in [0.2, 0.25) is 0 Å². The van der Waals surface area contributed by atoms with Crippen LogP contribution in [-0.2, 0) is 28.4 Å². The van der Waals surface area contributed by atoms with E-state index in [1.54, 1.807) is 0 Å². The SMILES string of the molecule is c1cc2c3ccc(cc3c1)OCCOCCOCCOCCOc1cccc3c(cccc13)OCCOCCOCCOCCO2. The number of hydrogen-bond acceptors (Lipinski definition) is 10. The zero-order valence-corrected chi connectivity index (χ0v) is 26.3. The third-order valence-electron chi connectivity index (χ3n) is 7.09. The van der Waals surface area contributed by atoms with Gasteiger partial charge in [0.1, 0.15) is 49.4 Å². The summed E-state index contributed by atoms with van der Waals surface area (Å²) in [5, 5.41) is 4.03. The van der Waals surface area contributed by atoms with Crippen molar-refractivity contribution in [2.24, 2.45) is 0 Å². The maximum Gasteiger partial charge on any atom is 0.127 e. The lowest BCUT2D eigenvalue weighted by Crippen LogP contribution is -2.14. The molecule has 10 heteroatoms. The van der Waals surface area contributed by atoms with Gasteiger partial charge < -0.3 is 47.4 Å². The summed E-state index contributed by atoms with van der Waals surface area (Å²) < 4.78 is 57.8. The monoisotopic (exact) mass is 636 g/mol.